The molecule has 1 aromatic rings. The zero-order valence-electron chi connectivity index (χ0n) is 22.3. The first-order chi connectivity index (χ1) is 16.3. The number of amides is 2. The number of carbonyl (C=O) groups excluding carboxylic acids is 2. The molecule has 2 saturated heterocycles. The summed E-state index contributed by atoms with van der Waals surface area (Å²) in [6.45, 7) is 10.4. The highest BCUT2D eigenvalue weighted by molar-refractivity contribution is 5.79. The Hall–Kier alpha value is -1.88. The average molecular weight is 473 g/mol. The van der Waals surface area contributed by atoms with Crippen molar-refractivity contribution in [2.45, 2.75) is 97.5 Å². The van der Waals surface area contributed by atoms with E-state index in [4.69, 9.17) is 0 Å². The first kappa shape index (κ1) is 28.4. The van der Waals surface area contributed by atoms with E-state index in [1.54, 1.807) is 4.90 Å². The first-order valence-electron chi connectivity index (χ1n) is 13.5. The number of rotatable bonds is 4. The summed E-state index contributed by atoms with van der Waals surface area (Å²) in [6, 6.07) is 10.2. The van der Waals surface area contributed by atoms with Crippen LogP contribution in [0.15, 0.2) is 30.3 Å². The van der Waals surface area contributed by atoms with Gasteiger partial charge in [0.2, 0.25) is 11.8 Å². The van der Waals surface area contributed by atoms with Crippen LogP contribution >= 0.6 is 0 Å². The summed E-state index contributed by atoms with van der Waals surface area (Å²) in [6.07, 6.45) is 9.61. The summed E-state index contributed by atoms with van der Waals surface area (Å²) in [4.78, 5) is 27.3. The molecule has 5 heteroatoms. The van der Waals surface area contributed by atoms with Gasteiger partial charge in [-0.05, 0) is 24.3 Å². The zero-order chi connectivity index (χ0) is 25.1. The van der Waals surface area contributed by atoms with Gasteiger partial charge in [-0.1, -0.05) is 90.1 Å². The smallest absolute Gasteiger partial charge is 0.223 e. The molecule has 2 amide bonds. The molecule has 5 nitrogen and oxygen atoms in total. The second kappa shape index (κ2) is 13.9. The lowest BCUT2D eigenvalue weighted by Crippen LogP contribution is -2.50. The van der Waals surface area contributed by atoms with E-state index in [-0.39, 0.29) is 17.4 Å². The number of nitrogens with zero attached hydrogens (tertiary/aromatic N) is 2. The molecule has 2 aliphatic heterocycles. The fraction of sp³-hybridized carbons (Fsp3) is 0.724. The van der Waals surface area contributed by atoms with Gasteiger partial charge in [-0.2, -0.15) is 0 Å². The molecule has 0 spiro atoms. The molecular formula is C29H48N2O3. The molecule has 3 aliphatic rings. The average Bonchev–Trinajstić information content (AvgIpc) is 3.20. The number of benzene rings is 1. The Morgan fingerprint density at radius 2 is 1.71 bits per heavy atom. The summed E-state index contributed by atoms with van der Waals surface area (Å²) in [5.41, 5.74) is 1.12. The predicted octanol–water partition coefficient (Wildman–Crippen LogP) is 5.62. The van der Waals surface area contributed by atoms with Crippen molar-refractivity contribution >= 4 is 11.8 Å². The van der Waals surface area contributed by atoms with Gasteiger partial charge in [0.05, 0.1) is 6.10 Å². The molecule has 1 N–H and O–H groups in total. The SMILES string of the molecule is CC.CC1(C)CN(C(=O)CCC2CCCCC2)CCC1O.CN1CC(c2ccccc2)CC1=O. The van der Waals surface area contributed by atoms with Gasteiger partial charge in [0, 0.05) is 50.9 Å². The maximum atomic E-state index is 12.3. The van der Waals surface area contributed by atoms with Crippen molar-refractivity contribution in [2.75, 3.05) is 26.7 Å². The van der Waals surface area contributed by atoms with E-state index < -0.39 is 0 Å². The molecule has 34 heavy (non-hydrogen) atoms. The standard InChI is InChI=1S/C16H29NO2.C11H13NO.C2H6/c1-16(2)12-17(11-10-14(16)18)15(19)9-8-13-6-4-3-5-7-13;1-12-8-10(7-11(12)13)9-5-3-2-4-6-9;1-2/h13-14,18H,3-12H2,1-2H3;2-6,10H,7-8H2,1H3;1-2H3. The van der Waals surface area contributed by atoms with Gasteiger partial charge >= 0.3 is 0 Å². The Balaban J connectivity index is 0.000000237. The lowest BCUT2D eigenvalue weighted by atomic mass is 9.81. The topological polar surface area (TPSA) is 60.9 Å². The van der Waals surface area contributed by atoms with Crippen LogP contribution in [0.3, 0.4) is 0 Å². The number of piperidine rings is 1. The number of likely N-dealkylation sites (N-methyl/N-ethyl adjacent to an activating group) is 1. The van der Waals surface area contributed by atoms with Gasteiger partial charge in [-0.3, -0.25) is 9.59 Å². The van der Waals surface area contributed by atoms with Crippen LogP contribution in [0.2, 0.25) is 0 Å². The van der Waals surface area contributed by atoms with Gasteiger partial charge in [0.15, 0.2) is 0 Å². The lowest BCUT2D eigenvalue weighted by Gasteiger charge is -2.42. The van der Waals surface area contributed by atoms with E-state index in [2.05, 4.69) is 26.0 Å². The molecule has 1 aromatic carbocycles. The second-order valence-electron chi connectivity index (χ2n) is 10.7. The Morgan fingerprint density at radius 1 is 1.06 bits per heavy atom. The number of likely N-dealkylation sites (tertiary alicyclic amines) is 2. The van der Waals surface area contributed by atoms with Crippen LogP contribution in [0.4, 0.5) is 0 Å². The van der Waals surface area contributed by atoms with Gasteiger partial charge in [0.1, 0.15) is 0 Å². The van der Waals surface area contributed by atoms with Crippen molar-refractivity contribution in [3.05, 3.63) is 35.9 Å². The van der Waals surface area contributed by atoms with E-state index in [0.29, 0.717) is 31.2 Å². The minimum atomic E-state index is -0.269. The molecule has 2 heterocycles. The van der Waals surface area contributed by atoms with Crippen LogP contribution in [0.25, 0.3) is 0 Å². The summed E-state index contributed by atoms with van der Waals surface area (Å²) < 4.78 is 0. The molecule has 4 rings (SSSR count). The molecule has 1 saturated carbocycles. The number of aliphatic hydroxyl groups is 1. The third kappa shape index (κ3) is 8.41. The van der Waals surface area contributed by atoms with E-state index in [0.717, 1.165) is 31.8 Å². The molecule has 0 radical (unpaired) electrons. The molecule has 3 fully saturated rings. The van der Waals surface area contributed by atoms with Crippen molar-refractivity contribution in [2.24, 2.45) is 11.3 Å². The van der Waals surface area contributed by atoms with Crippen LogP contribution < -0.4 is 0 Å². The van der Waals surface area contributed by atoms with Crippen molar-refractivity contribution in [1.82, 2.24) is 9.80 Å². The molecule has 1 aliphatic carbocycles. The Kier molecular flexibility index (Phi) is 11.6. The van der Waals surface area contributed by atoms with Crippen LogP contribution in [-0.2, 0) is 9.59 Å². The van der Waals surface area contributed by atoms with E-state index >= 15 is 0 Å². The number of aliphatic hydroxyl groups excluding tert-OH is 1. The molecule has 0 aromatic heterocycles. The monoisotopic (exact) mass is 472 g/mol. The quantitative estimate of drug-likeness (QED) is 0.618. The van der Waals surface area contributed by atoms with Gasteiger partial charge < -0.3 is 14.9 Å². The van der Waals surface area contributed by atoms with Crippen molar-refractivity contribution < 1.29 is 14.7 Å². The van der Waals surface area contributed by atoms with Crippen LogP contribution in [-0.4, -0.2) is 59.5 Å². The highest BCUT2D eigenvalue weighted by atomic mass is 16.3. The third-order valence-electron chi connectivity index (χ3n) is 7.63. The van der Waals surface area contributed by atoms with Crippen molar-refractivity contribution in [3.8, 4) is 0 Å². The van der Waals surface area contributed by atoms with Crippen LogP contribution in [0.1, 0.15) is 97.0 Å². The Labute approximate surface area is 207 Å². The van der Waals surface area contributed by atoms with Crippen LogP contribution in [0.5, 0.6) is 0 Å². The number of hydrogen-bond acceptors (Lipinski definition) is 3. The molecular weight excluding hydrogens is 424 g/mol. The Bertz CT molecular complexity index is 743. The van der Waals surface area contributed by atoms with Gasteiger partial charge in [-0.15, -0.1) is 0 Å². The van der Waals surface area contributed by atoms with E-state index in [9.17, 15) is 14.7 Å². The highest BCUT2D eigenvalue weighted by Crippen LogP contribution is 2.31. The number of carbonyl (C=O) groups is 2. The van der Waals surface area contributed by atoms with Crippen LogP contribution in [0, 0.1) is 11.3 Å². The lowest BCUT2D eigenvalue weighted by molar-refractivity contribution is -0.138. The minimum absolute atomic E-state index is 0.154. The maximum Gasteiger partial charge on any atom is 0.223 e. The normalized spacial score (nSPS) is 24.6. The van der Waals surface area contributed by atoms with Crippen molar-refractivity contribution in [3.63, 3.8) is 0 Å². The second-order valence-corrected chi connectivity index (χ2v) is 10.7. The van der Waals surface area contributed by atoms with Gasteiger partial charge in [0.25, 0.3) is 0 Å². The van der Waals surface area contributed by atoms with E-state index in [1.165, 1.54) is 37.7 Å². The summed E-state index contributed by atoms with van der Waals surface area (Å²) >= 11 is 0. The highest BCUT2D eigenvalue weighted by Gasteiger charge is 2.36. The minimum Gasteiger partial charge on any atom is -0.392 e. The predicted molar refractivity (Wildman–Crippen MR) is 140 cm³/mol. The molecule has 2 atom stereocenters. The van der Waals surface area contributed by atoms with E-state index in [1.807, 2.05) is 44.0 Å². The summed E-state index contributed by atoms with van der Waals surface area (Å²) in [7, 11) is 1.87. The first-order valence-corrected chi connectivity index (χ1v) is 13.5. The summed E-state index contributed by atoms with van der Waals surface area (Å²) in [5.74, 6) is 1.74. The molecule has 192 valence electrons. The third-order valence-corrected chi connectivity index (χ3v) is 7.63. The zero-order valence-corrected chi connectivity index (χ0v) is 22.3. The fourth-order valence-corrected chi connectivity index (χ4v) is 5.33. The maximum absolute atomic E-state index is 12.3. The summed E-state index contributed by atoms with van der Waals surface area (Å²) in [5, 5.41) is 9.93. The number of hydrogen-bond donors (Lipinski definition) is 1. The molecule has 2 unspecified atom stereocenters. The molecule has 0 bridgehead atoms. The Morgan fingerprint density at radius 3 is 2.26 bits per heavy atom. The fourth-order valence-electron chi connectivity index (χ4n) is 5.33. The van der Waals surface area contributed by atoms with Gasteiger partial charge in [-0.25, -0.2) is 0 Å². The largest absolute Gasteiger partial charge is 0.392 e. The van der Waals surface area contributed by atoms with Crippen molar-refractivity contribution in [1.29, 1.82) is 0 Å².